The van der Waals surface area contributed by atoms with E-state index in [9.17, 15) is 13.2 Å². The minimum Gasteiger partial charge on any atom is -0.316 e. The van der Waals surface area contributed by atoms with Crippen LogP contribution < -0.4 is 5.32 Å². The van der Waals surface area contributed by atoms with Crippen molar-refractivity contribution < 1.29 is 13.2 Å². The molecule has 2 rings (SSSR count). The van der Waals surface area contributed by atoms with Gasteiger partial charge in [-0.1, -0.05) is 18.2 Å². The van der Waals surface area contributed by atoms with Crippen LogP contribution in [-0.4, -0.2) is 16.8 Å². The topological polar surface area (TPSA) is 29.9 Å². The Labute approximate surface area is 115 Å². The summed E-state index contributed by atoms with van der Waals surface area (Å²) in [5.41, 5.74) is 1.43. The molecule has 0 aliphatic heterocycles. The molecule has 0 saturated carbocycles. The molecule has 0 fully saturated rings. The van der Waals surface area contributed by atoms with Crippen LogP contribution >= 0.6 is 0 Å². The van der Waals surface area contributed by atoms with E-state index in [1.807, 2.05) is 6.07 Å². The quantitative estimate of drug-likeness (QED) is 0.937. The summed E-state index contributed by atoms with van der Waals surface area (Å²) in [4.78, 5) is 0. The molecule has 0 bridgehead atoms. The van der Waals surface area contributed by atoms with Gasteiger partial charge in [0, 0.05) is 12.1 Å². The Kier molecular flexibility index (Phi) is 3.85. The number of alkyl halides is 3. The number of para-hydroxylation sites is 1. The highest BCUT2D eigenvalue weighted by Crippen LogP contribution is 2.34. The average molecular weight is 283 g/mol. The Bertz CT molecular complexity index is 594. The summed E-state index contributed by atoms with van der Waals surface area (Å²) < 4.78 is 41.0. The monoisotopic (exact) mass is 283 g/mol. The van der Waals surface area contributed by atoms with Crippen molar-refractivity contribution in [2.45, 2.75) is 26.6 Å². The normalized spacial score (nSPS) is 11.9. The van der Waals surface area contributed by atoms with Crippen LogP contribution in [0.15, 0.2) is 24.4 Å². The highest BCUT2D eigenvalue weighted by Gasteiger charge is 2.38. The molecule has 1 aromatic carbocycles. The first-order valence-corrected chi connectivity index (χ1v) is 6.21. The molecule has 0 spiro atoms. The van der Waals surface area contributed by atoms with Crippen LogP contribution in [0, 0.1) is 13.8 Å². The van der Waals surface area contributed by atoms with E-state index < -0.39 is 11.9 Å². The molecule has 1 aromatic heterocycles. The van der Waals surface area contributed by atoms with Crippen LogP contribution in [-0.2, 0) is 12.7 Å². The molecule has 0 aliphatic rings. The van der Waals surface area contributed by atoms with E-state index in [-0.39, 0.29) is 12.1 Å². The predicted molar refractivity (Wildman–Crippen MR) is 70.8 cm³/mol. The minimum atomic E-state index is -4.45. The van der Waals surface area contributed by atoms with Crippen LogP contribution in [0.2, 0.25) is 0 Å². The maximum atomic E-state index is 13.3. The lowest BCUT2D eigenvalue weighted by atomic mass is 10.1. The maximum absolute atomic E-state index is 13.3. The molecule has 6 heteroatoms. The molecule has 1 heterocycles. The van der Waals surface area contributed by atoms with Crippen molar-refractivity contribution >= 4 is 0 Å². The van der Waals surface area contributed by atoms with Crippen molar-refractivity contribution in [1.29, 1.82) is 0 Å². The van der Waals surface area contributed by atoms with Gasteiger partial charge in [-0.05, 0) is 32.0 Å². The number of aromatic nitrogens is 2. The third kappa shape index (κ3) is 2.56. The predicted octanol–water partition coefficient (Wildman–Crippen LogP) is 3.23. The molecule has 1 N–H and O–H groups in total. The summed E-state index contributed by atoms with van der Waals surface area (Å²) in [7, 11) is 1.61. The molecule has 108 valence electrons. The number of hydrogen-bond acceptors (Lipinski definition) is 2. The van der Waals surface area contributed by atoms with Crippen LogP contribution in [0.3, 0.4) is 0 Å². The van der Waals surface area contributed by atoms with Gasteiger partial charge >= 0.3 is 6.18 Å². The molecule has 0 unspecified atom stereocenters. The van der Waals surface area contributed by atoms with Crippen LogP contribution in [0.5, 0.6) is 0 Å². The van der Waals surface area contributed by atoms with E-state index in [1.54, 1.807) is 33.0 Å². The fourth-order valence-corrected chi connectivity index (χ4v) is 2.31. The number of hydrogen-bond donors (Lipinski definition) is 1. The van der Waals surface area contributed by atoms with E-state index in [2.05, 4.69) is 10.4 Å². The molecule has 0 radical (unpaired) electrons. The Morgan fingerprint density at radius 2 is 1.80 bits per heavy atom. The van der Waals surface area contributed by atoms with Crippen LogP contribution in [0.4, 0.5) is 13.2 Å². The third-order valence-corrected chi connectivity index (χ3v) is 3.13. The Balaban J connectivity index is 2.69. The van der Waals surface area contributed by atoms with Crippen molar-refractivity contribution in [3.8, 4) is 5.69 Å². The molecule has 0 atom stereocenters. The third-order valence-electron chi connectivity index (χ3n) is 3.13. The summed E-state index contributed by atoms with van der Waals surface area (Å²) in [5, 5.41) is 6.69. The lowest BCUT2D eigenvalue weighted by Gasteiger charge is -2.16. The number of benzene rings is 1. The van der Waals surface area contributed by atoms with Gasteiger partial charge in [-0.15, -0.1) is 0 Å². The molecular formula is C14H16F3N3. The van der Waals surface area contributed by atoms with Gasteiger partial charge in [0.15, 0.2) is 5.69 Å². The fraction of sp³-hybridized carbons (Fsp3) is 0.357. The summed E-state index contributed by atoms with van der Waals surface area (Å²) in [6.07, 6.45) is -3.18. The molecule has 20 heavy (non-hydrogen) atoms. The van der Waals surface area contributed by atoms with Gasteiger partial charge in [0.1, 0.15) is 0 Å². The second kappa shape index (κ2) is 5.28. The SMILES string of the molecule is CNCc1cnn(-c2c(C)cccc2C)c1C(F)(F)F. The van der Waals surface area contributed by atoms with Gasteiger partial charge in [-0.3, -0.25) is 0 Å². The van der Waals surface area contributed by atoms with Crippen molar-refractivity contribution in [2.24, 2.45) is 0 Å². The van der Waals surface area contributed by atoms with Crippen molar-refractivity contribution in [3.63, 3.8) is 0 Å². The van der Waals surface area contributed by atoms with E-state index >= 15 is 0 Å². The zero-order chi connectivity index (χ0) is 14.9. The Morgan fingerprint density at radius 1 is 1.20 bits per heavy atom. The zero-order valence-electron chi connectivity index (χ0n) is 11.5. The first-order valence-electron chi connectivity index (χ1n) is 6.21. The molecular weight excluding hydrogens is 267 g/mol. The highest BCUT2D eigenvalue weighted by atomic mass is 19.4. The van der Waals surface area contributed by atoms with E-state index in [1.165, 1.54) is 6.20 Å². The largest absolute Gasteiger partial charge is 0.433 e. The van der Waals surface area contributed by atoms with Crippen LogP contribution in [0.25, 0.3) is 5.69 Å². The van der Waals surface area contributed by atoms with Crippen molar-refractivity contribution in [1.82, 2.24) is 15.1 Å². The van der Waals surface area contributed by atoms with Gasteiger partial charge in [0.05, 0.1) is 11.9 Å². The smallest absolute Gasteiger partial charge is 0.316 e. The summed E-state index contributed by atoms with van der Waals surface area (Å²) in [6.45, 7) is 3.68. The summed E-state index contributed by atoms with van der Waals surface area (Å²) in [5.74, 6) is 0. The average Bonchev–Trinajstić information content (AvgIpc) is 2.73. The standard InChI is InChI=1S/C14H16F3N3/c1-9-5-4-6-10(2)12(9)20-13(14(15,16)17)11(7-18-3)8-19-20/h4-6,8,18H,7H2,1-3H3. The molecule has 0 amide bonds. The molecule has 3 nitrogen and oxygen atoms in total. The lowest BCUT2D eigenvalue weighted by molar-refractivity contribution is -0.143. The number of rotatable bonds is 3. The van der Waals surface area contributed by atoms with Gasteiger partial charge in [0.25, 0.3) is 0 Å². The number of nitrogens with zero attached hydrogens (tertiary/aromatic N) is 2. The Morgan fingerprint density at radius 3 is 2.30 bits per heavy atom. The number of aryl methyl sites for hydroxylation is 2. The van der Waals surface area contributed by atoms with Gasteiger partial charge in [-0.25, -0.2) is 4.68 Å². The first-order chi connectivity index (χ1) is 9.36. The molecule has 0 aliphatic carbocycles. The van der Waals surface area contributed by atoms with E-state index in [0.29, 0.717) is 5.69 Å². The Hall–Kier alpha value is -1.82. The fourth-order valence-electron chi connectivity index (χ4n) is 2.31. The lowest BCUT2D eigenvalue weighted by Crippen LogP contribution is -2.18. The summed E-state index contributed by atoms with van der Waals surface area (Å²) in [6, 6.07) is 5.38. The van der Waals surface area contributed by atoms with Gasteiger partial charge in [0.2, 0.25) is 0 Å². The molecule has 2 aromatic rings. The number of nitrogens with one attached hydrogen (secondary N) is 1. The van der Waals surface area contributed by atoms with E-state index in [0.717, 1.165) is 15.8 Å². The molecule has 0 saturated heterocycles. The van der Waals surface area contributed by atoms with Crippen molar-refractivity contribution in [3.05, 3.63) is 46.8 Å². The summed E-state index contributed by atoms with van der Waals surface area (Å²) >= 11 is 0. The van der Waals surface area contributed by atoms with Crippen LogP contribution in [0.1, 0.15) is 22.4 Å². The van der Waals surface area contributed by atoms with E-state index in [4.69, 9.17) is 0 Å². The zero-order valence-corrected chi connectivity index (χ0v) is 11.5. The second-order valence-electron chi connectivity index (χ2n) is 4.70. The maximum Gasteiger partial charge on any atom is 0.433 e. The number of halogens is 3. The second-order valence-corrected chi connectivity index (χ2v) is 4.70. The van der Waals surface area contributed by atoms with Gasteiger partial charge < -0.3 is 5.32 Å². The minimum absolute atomic E-state index is 0.125. The highest BCUT2D eigenvalue weighted by molar-refractivity contribution is 5.48. The van der Waals surface area contributed by atoms with Gasteiger partial charge in [-0.2, -0.15) is 18.3 Å². The van der Waals surface area contributed by atoms with Crippen molar-refractivity contribution in [2.75, 3.05) is 7.05 Å². The first kappa shape index (κ1) is 14.6.